The first-order valence-electron chi connectivity index (χ1n) is 8.42. The highest BCUT2D eigenvalue weighted by atomic mass is 19.1. The third-order valence-electron chi connectivity index (χ3n) is 4.14. The van der Waals surface area contributed by atoms with Gasteiger partial charge in [0.15, 0.2) is 11.6 Å². The van der Waals surface area contributed by atoms with Crippen LogP contribution in [0.2, 0.25) is 0 Å². The molecule has 9 heteroatoms. The molecule has 4 rings (SSSR count). The first-order chi connectivity index (χ1) is 13.5. The number of benzene rings is 1. The summed E-state index contributed by atoms with van der Waals surface area (Å²) in [5.41, 5.74) is 3.28. The van der Waals surface area contributed by atoms with E-state index in [0.717, 1.165) is 11.4 Å². The molecule has 0 bridgehead atoms. The van der Waals surface area contributed by atoms with Crippen molar-refractivity contribution in [2.24, 2.45) is 0 Å². The topological polar surface area (TPSA) is 108 Å². The molecule has 0 unspecified atom stereocenters. The van der Waals surface area contributed by atoms with Crippen molar-refractivity contribution >= 4 is 11.6 Å². The summed E-state index contributed by atoms with van der Waals surface area (Å²) in [4.78, 5) is 8.44. The van der Waals surface area contributed by atoms with Crippen LogP contribution in [0.25, 0.3) is 17.1 Å². The Hall–Kier alpha value is -4.06. The fraction of sp³-hybridized carbons (Fsp3) is 0.105. The van der Waals surface area contributed by atoms with Crippen molar-refractivity contribution in [3.8, 4) is 23.1 Å². The average molecular weight is 374 g/mol. The van der Waals surface area contributed by atoms with Crippen LogP contribution in [0.3, 0.4) is 0 Å². The molecular weight excluding hydrogens is 359 g/mol. The van der Waals surface area contributed by atoms with E-state index in [9.17, 15) is 9.65 Å². The number of nitrogens with one attached hydrogen (secondary N) is 2. The van der Waals surface area contributed by atoms with Crippen molar-refractivity contribution in [3.63, 3.8) is 0 Å². The number of aromatic nitrogens is 6. The summed E-state index contributed by atoms with van der Waals surface area (Å²) in [6, 6.07) is 11.6. The van der Waals surface area contributed by atoms with E-state index >= 15 is 0 Å². The zero-order valence-electron chi connectivity index (χ0n) is 15.1. The van der Waals surface area contributed by atoms with Gasteiger partial charge >= 0.3 is 0 Å². The molecule has 0 aliphatic carbocycles. The van der Waals surface area contributed by atoms with Gasteiger partial charge in [-0.25, -0.2) is 19.0 Å². The average Bonchev–Trinajstić information content (AvgIpc) is 3.24. The molecule has 0 spiro atoms. The van der Waals surface area contributed by atoms with Gasteiger partial charge in [-0.3, -0.25) is 5.10 Å². The first-order valence-corrected chi connectivity index (χ1v) is 8.42. The molecule has 8 nitrogen and oxygen atoms in total. The number of rotatable bonds is 4. The predicted octanol–water partition coefficient (Wildman–Crippen LogP) is 3.42. The minimum absolute atomic E-state index is 0.304. The van der Waals surface area contributed by atoms with E-state index in [-0.39, 0.29) is 5.82 Å². The highest BCUT2D eigenvalue weighted by Gasteiger charge is 2.16. The third-order valence-corrected chi connectivity index (χ3v) is 4.14. The molecule has 0 saturated carbocycles. The summed E-state index contributed by atoms with van der Waals surface area (Å²) >= 11 is 0. The Morgan fingerprint density at radius 2 is 1.93 bits per heavy atom. The number of aryl methyl sites for hydroxylation is 2. The summed E-state index contributed by atoms with van der Waals surface area (Å²) in [6.45, 7) is 3.84. The summed E-state index contributed by atoms with van der Waals surface area (Å²) in [5.74, 6) is 1.03. The van der Waals surface area contributed by atoms with Crippen LogP contribution in [0.1, 0.15) is 17.0 Å². The van der Waals surface area contributed by atoms with E-state index in [1.165, 1.54) is 18.5 Å². The van der Waals surface area contributed by atoms with Crippen LogP contribution < -0.4 is 5.32 Å². The zero-order valence-corrected chi connectivity index (χ0v) is 15.1. The normalized spacial score (nSPS) is 10.6. The Kier molecular flexibility index (Phi) is 4.29. The summed E-state index contributed by atoms with van der Waals surface area (Å²) in [7, 11) is 0. The Labute approximate surface area is 159 Å². The van der Waals surface area contributed by atoms with E-state index in [1.807, 2.05) is 19.9 Å². The van der Waals surface area contributed by atoms with E-state index in [1.54, 1.807) is 22.9 Å². The predicted molar refractivity (Wildman–Crippen MR) is 101 cm³/mol. The SMILES string of the molecule is Cc1cc(C)n(-c2cc(Nc3n[nH]c(-c4ccc(F)cc4)c3C#N)ncn2)n1. The molecule has 0 radical (unpaired) electrons. The van der Waals surface area contributed by atoms with E-state index < -0.39 is 0 Å². The highest BCUT2D eigenvalue weighted by Crippen LogP contribution is 2.28. The summed E-state index contributed by atoms with van der Waals surface area (Å²) < 4.78 is 14.9. The quantitative estimate of drug-likeness (QED) is 0.567. The smallest absolute Gasteiger partial charge is 0.172 e. The minimum Gasteiger partial charge on any atom is -0.322 e. The Bertz CT molecular complexity index is 1180. The Balaban J connectivity index is 1.67. The van der Waals surface area contributed by atoms with Crippen LogP contribution in [0.5, 0.6) is 0 Å². The van der Waals surface area contributed by atoms with Gasteiger partial charge in [-0.15, -0.1) is 0 Å². The van der Waals surface area contributed by atoms with Gasteiger partial charge in [0, 0.05) is 17.3 Å². The molecule has 0 saturated heterocycles. The maximum absolute atomic E-state index is 13.2. The third kappa shape index (κ3) is 3.19. The molecule has 0 amide bonds. The number of anilines is 2. The lowest BCUT2D eigenvalue weighted by Gasteiger charge is -2.06. The Morgan fingerprint density at radius 1 is 1.14 bits per heavy atom. The van der Waals surface area contributed by atoms with Gasteiger partial charge in [-0.1, -0.05) is 0 Å². The lowest BCUT2D eigenvalue weighted by atomic mass is 10.1. The van der Waals surface area contributed by atoms with Crippen molar-refractivity contribution in [2.75, 3.05) is 5.32 Å². The van der Waals surface area contributed by atoms with Crippen molar-refractivity contribution in [2.45, 2.75) is 13.8 Å². The van der Waals surface area contributed by atoms with Gasteiger partial charge in [0.2, 0.25) is 0 Å². The van der Waals surface area contributed by atoms with Crippen LogP contribution in [0.4, 0.5) is 16.0 Å². The number of nitriles is 1. The number of hydrogen-bond acceptors (Lipinski definition) is 6. The molecular formula is C19H15FN8. The summed E-state index contributed by atoms with van der Waals surface area (Å²) in [6.07, 6.45) is 1.41. The molecule has 3 heterocycles. The fourth-order valence-corrected chi connectivity index (χ4v) is 2.88. The van der Waals surface area contributed by atoms with E-state index in [4.69, 9.17) is 0 Å². The van der Waals surface area contributed by atoms with Crippen molar-refractivity contribution in [1.82, 2.24) is 29.9 Å². The number of aromatic amines is 1. The van der Waals surface area contributed by atoms with E-state index in [0.29, 0.717) is 34.3 Å². The second-order valence-electron chi connectivity index (χ2n) is 6.17. The minimum atomic E-state index is -0.349. The maximum atomic E-state index is 13.2. The van der Waals surface area contributed by atoms with Crippen LogP contribution in [-0.2, 0) is 0 Å². The standard InChI is InChI=1S/C19H15FN8/c1-11-7-12(2)28(27-11)17-8-16(22-10-23-17)24-19-15(9-21)18(25-26-19)13-3-5-14(20)6-4-13/h3-8,10H,1-2H3,(H2,22,23,24,25,26). The molecule has 3 aromatic heterocycles. The van der Waals surface area contributed by atoms with Crippen LogP contribution in [-0.4, -0.2) is 29.9 Å². The number of H-pyrrole nitrogens is 1. The fourth-order valence-electron chi connectivity index (χ4n) is 2.88. The van der Waals surface area contributed by atoms with Crippen LogP contribution in [0.15, 0.2) is 42.7 Å². The monoisotopic (exact) mass is 374 g/mol. The maximum Gasteiger partial charge on any atom is 0.172 e. The molecule has 0 fully saturated rings. The molecule has 28 heavy (non-hydrogen) atoms. The van der Waals surface area contributed by atoms with Crippen LogP contribution >= 0.6 is 0 Å². The van der Waals surface area contributed by atoms with Crippen molar-refractivity contribution < 1.29 is 4.39 Å². The second kappa shape index (κ2) is 6.92. The molecule has 4 aromatic rings. The highest BCUT2D eigenvalue weighted by molar-refractivity contribution is 5.75. The molecule has 138 valence electrons. The molecule has 0 aliphatic rings. The summed E-state index contributed by atoms with van der Waals surface area (Å²) in [5, 5.41) is 24.0. The number of halogens is 1. The second-order valence-corrected chi connectivity index (χ2v) is 6.17. The lowest BCUT2D eigenvalue weighted by molar-refractivity contribution is 0.628. The number of hydrogen-bond donors (Lipinski definition) is 2. The molecule has 0 atom stereocenters. The zero-order chi connectivity index (χ0) is 19.7. The van der Waals surface area contributed by atoms with Crippen molar-refractivity contribution in [1.29, 1.82) is 5.26 Å². The van der Waals surface area contributed by atoms with Gasteiger partial charge in [0.25, 0.3) is 0 Å². The van der Waals surface area contributed by atoms with Gasteiger partial charge in [-0.05, 0) is 44.2 Å². The van der Waals surface area contributed by atoms with Gasteiger partial charge in [0.1, 0.15) is 29.6 Å². The lowest BCUT2D eigenvalue weighted by Crippen LogP contribution is -2.04. The first kappa shape index (κ1) is 17.4. The van der Waals surface area contributed by atoms with Crippen molar-refractivity contribution in [3.05, 3.63) is 65.5 Å². The van der Waals surface area contributed by atoms with Crippen LogP contribution in [0, 0.1) is 31.0 Å². The molecule has 0 aliphatic heterocycles. The Morgan fingerprint density at radius 3 is 2.61 bits per heavy atom. The molecule has 1 aromatic carbocycles. The van der Waals surface area contributed by atoms with Gasteiger partial charge in [-0.2, -0.15) is 15.5 Å². The van der Waals surface area contributed by atoms with Gasteiger partial charge in [0.05, 0.1) is 11.4 Å². The molecule has 2 N–H and O–H groups in total. The number of nitrogens with zero attached hydrogens (tertiary/aromatic N) is 6. The largest absolute Gasteiger partial charge is 0.322 e. The van der Waals surface area contributed by atoms with E-state index in [2.05, 4.69) is 36.7 Å². The van der Waals surface area contributed by atoms with Gasteiger partial charge < -0.3 is 5.32 Å².